The Kier molecular flexibility index (Phi) is 6.29. The number of sulfonamides is 1. The molecule has 2 rings (SSSR count). The highest BCUT2D eigenvalue weighted by atomic mass is 35.5. The van der Waals surface area contributed by atoms with Gasteiger partial charge in [0.2, 0.25) is 10.0 Å². The van der Waals surface area contributed by atoms with Crippen LogP contribution in [0, 0.1) is 0 Å². The second-order valence-corrected chi connectivity index (χ2v) is 7.74. The standard InChI is InChI=1S/C16H15Cl2NO5S/c1-24-16(21)9-15(10-5-11(17)7-12(18)6-10)19-25(22,23)14-4-2-3-13(20)8-14/h2-8,15,19-20H,9H2,1H3. The second-order valence-electron chi connectivity index (χ2n) is 5.15. The number of methoxy groups -OCH3 is 1. The molecule has 0 fully saturated rings. The molecular weight excluding hydrogens is 389 g/mol. The van der Waals surface area contributed by atoms with Crippen molar-refractivity contribution in [2.45, 2.75) is 17.4 Å². The van der Waals surface area contributed by atoms with Gasteiger partial charge in [0.05, 0.1) is 24.5 Å². The summed E-state index contributed by atoms with van der Waals surface area (Å²) in [7, 11) is -2.81. The highest BCUT2D eigenvalue weighted by molar-refractivity contribution is 7.89. The first-order valence-corrected chi connectivity index (χ1v) is 9.29. The minimum Gasteiger partial charge on any atom is -0.508 e. The van der Waals surface area contributed by atoms with Gasteiger partial charge in [-0.1, -0.05) is 29.3 Å². The summed E-state index contributed by atoms with van der Waals surface area (Å²) in [5.74, 6) is -0.808. The molecule has 0 bridgehead atoms. The number of carbonyl (C=O) groups is 1. The third-order valence-corrected chi connectivity index (χ3v) is 5.22. The van der Waals surface area contributed by atoms with E-state index in [-0.39, 0.29) is 17.1 Å². The molecule has 134 valence electrons. The molecule has 0 aromatic heterocycles. The quantitative estimate of drug-likeness (QED) is 0.721. The summed E-state index contributed by atoms with van der Waals surface area (Å²) in [6.07, 6.45) is -0.259. The van der Waals surface area contributed by atoms with E-state index in [0.29, 0.717) is 15.6 Å². The van der Waals surface area contributed by atoms with Crippen LogP contribution in [0.1, 0.15) is 18.0 Å². The highest BCUT2D eigenvalue weighted by Crippen LogP contribution is 2.27. The molecule has 6 nitrogen and oxygen atoms in total. The molecule has 25 heavy (non-hydrogen) atoms. The lowest BCUT2D eigenvalue weighted by Gasteiger charge is -2.19. The molecule has 0 spiro atoms. The molecule has 0 aliphatic rings. The number of ether oxygens (including phenoxy) is 1. The summed E-state index contributed by atoms with van der Waals surface area (Å²) < 4.78 is 32.2. The number of aromatic hydroxyl groups is 1. The van der Waals surface area contributed by atoms with Crippen molar-refractivity contribution < 1.29 is 23.1 Å². The number of carbonyl (C=O) groups excluding carboxylic acids is 1. The molecule has 0 heterocycles. The SMILES string of the molecule is COC(=O)CC(NS(=O)(=O)c1cccc(O)c1)c1cc(Cl)cc(Cl)c1. The first kappa shape index (κ1) is 19.5. The van der Waals surface area contributed by atoms with Crippen molar-refractivity contribution in [1.82, 2.24) is 4.72 Å². The molecule has 0 radical (unpaired) electrons. The summed E-state index contributed by atoms with van der Waals surface area (Å²) in [5.41, 5.74) is 0.409. The molecular formula is C16H15Cl2NO5S. The van der Waals surface area contributed by atoms with Gasteiger partial charge < -0.3 is 9.84 Å². The molecule has 0 saturated heterocycles. The van der Waals surface area contributed by atoms with Gasteiger partial charge in [0.1, 0.15) is 5.75 Å². The third kappa shape index (κ3) is 5.34. The zero-order chi connectivity index (χ0) is 18.6. The van der Waals surface area contributed by atoms with E-state index in [1.165, 1.54) is 43.5 Å². The van der Waals surface area contributed by atoms with Crippen LogP contribution in [0.2, 0.25) is 10.0 Å². The Hall–Kier alpha value is -1.80. The lowest BCUT2D eigenvalue weighted by molar-refractivity contribution is -0.141. The van der Waals surface area contributed by atoms with Crippen molar-refractivity contribution in [3.05, 3.63) is 58.1 Å². The van der Waals surface area contributed by atoms with E-state index in [0.717, 1.165) is 6.07 Å². The molecule has 0 aliphatic heterocycles. The average Bonchev–Trinajstić information content (AvgIpc) is 2.53. The van der Waals surface area contributed by atoms with Gasteiger partial charge in [-0.05, 0) is 42.0 Å². The van der Waals surface area contributed by atoms with Crippen molar-refractivity contribution in [3.63, 3.8) is 0 Å². The maximum absolute atomic E-state index is 12.6. The Balaban J connectivity index is 2.40. The summed E-state index contributed by atoms with van der Waals surface area (Å²) in [6.45, 7) is 0. The topological polar surface area (TPSA) is 92.7 Å². The first-order valence-electron chi connectivity index (χ1n) is 7.05. The Bertz CT molecular complexity index is 866. The molecule has 2 N–H and O–H groups in total. The molecule has 0 aliphatic carbocycles. The van der Waals surface area contributed by atoms with Gasteiger partial charge in [0.25, 0.3) is 0 Å². The van der Waals surface area contributed by atoms with E-state index in [1.54, 1.807) is 0 Å². The van der Waals surface area contributed by atoms with Crippen LogP contribution in [-0.4, -0.2) is 26.6 Å². The lowest BCUT2D eigenvalue weighted by Crippen LogP contribution is -2.30. The molecule has 0 saturated carbocycles. The number of phenolic OH excluding ortho intramolecular Hbond substituents is 1. The molecule has 2 aromatic carbocycles. The summed E-state index contributed by atoms with van der Waals surface area (Å²) in [4.78, 5) is 11.5. The molecule has 9 heteroatoms. The number of hydrogen-bond donors (Lipinski definition) is 2. The van der Waals surface area contributed by atoms with Gasteiger partial charge in [-0.25, -0.2) is 13.1 Å². The minimum absolute atomic E-state index is 0.143. The van der Waals surface area contributed by atoms with Gasteiger partial charge in [0.15, 0.2) is 0 Å². The number of phenols is 1. The smallest absolute Gasteiger partial charge is 0.307 e. The highest BCUT2D eigenvalue weighted by Gasteiger charge is 2.25. The number of esters is 1. The zero-order valence-corrected chi connectivity index (χ0v) is 15.4. The van der Waals surface area contributed by atoms with Crippen molar-refractivity contribution in [3.8, 4) is 5.75 Å². The number of hydrogen-bond acceptors (Lipinski definition) is 5. The maximum Gasteiger partial charge on any atom is 0.307 e. The van der Waals surface area contributed by atoms with Gasteiger partial charge in [-0.2, -0.15) is 0 Å². The van der Waals surface area contributed by atoms with E-state index >= 15 is 0 Å². The van der Waals surface area contributed by atoms with Gasteiger partial charge in [0, 0.05) is 10.0 Å². The van der Waals surface area contributed by atoms with Crippen LogP contribution < -0.4 is 4.72 Å². The molecule has 2 aromatic rings. The summed E-state index contributed by atoms with van der Waals surface area (Å²) in [5, 5.41) is 10.1. The third-order valence-electron chi connectivity index (χ3n) is 3.31. The number of nitrogens with one attached hydrogen (secondary N) is 1. The van der Waals surface area contributed by atoms with Crippen LogP contribution in [0.3, 0.4) is 0 Å². The van der Waals surface area contributed by atoms with Crippen LogP contribution in [0.5, 0.6) is 5.75 Å². The van der Waals surface area contributed by atoms with Gasteiger partial charge >= 0.3 is 5.97 Å². The molecule has 1 atom stereocenters. The fourth-order valence-electron chi connectivity index (χ4n) is 2.16. The van der Waals surface area contributed by atoms with Crippen molar-refractivity contribution in [1.29, 1.82) is 0 Å². The predicted octanol–water partition coefficient (Wildman–Crippen LogP) is 3.28. The fourth-order valence-corrected chi connectivity index (χ4v) is 3.97. The van der Waals surface area contributed by atoms with Gasteiger partial charge in [-0.3, -0.25) is 4.79 Å². The fraction of sp³-hybridized carbons (Fsp3) is 0.188. The molecule has 1 unspecified atom stereocenters. The Morgan fingerprint density at radius 1 is 1.20 bits per heavy atom. The van der Waals surface area contributed by atoms with Crippen LogP contribution >= 0.6 is 23.2 Å². The minimum atomic E-state index is -4.01. The summed E-state index contributed by atoms with van der Waals surface area (Å²) in [6, 6.07) is 8.72. The van der Waals surface area contributed by atoms with Crippen molar-refractivity contribution in [2.75, 3.05) is 7.11 Å². The Morgan fingerprint density at radius 2 is 1.84 bits per heavy atom. The number of rotatable bonds is 6. The zero-order valence-electron chi connectivity index (χ0n) is 13.1. The average molecular weight is 404 g/mol. The largest absolute Gasteiger partial charge is 0.508 e. The van der Waals surface area contributed by atoms with E-state index < -0.39 is 22.0 Å². The van der Waals surface area contributed by atoms with Crippen molar-refractivity contribution in [2.24, 2.45) is 0 Å². The molecule has 0 amide bonds. The van der Waals surface area contributed by atoms with Crippen LogP contribution in [0.25, 0.3) is 0 Å². The van der Waals surface area contributed by atoms with Crippen LogP contribution in [0.15, 0.2) is 47.4 Å². The van der Waals surface area contributed by atoms with E-state index in [2.05, 4.69) is 9.46 Å². The van der Waals surface area contributed by atoms with E-state index in [4.69, 9.17) is 23.2 Å². The van der Waals surface area contributed by atoms with Crippen molar-refractivity contribution >= 4 is 39.2 Å². The normalized spacial score (nSPS) is 12.6. The number of benzene rings is 2. The Labute approximate surface area is 155 Å². The monoisotopic (exact) mass is 403 g/mol. The van der Waals surface area contributed by atoms with Crippen LogP contribution in [0.4, 0.5) is 0 Å². The second kappa shape index (κ2) is 8.05. The first-order chi connectivity index (χ1) is 11.7. The van der Waals surface area contributed by atoms with Crippen LogP contribution in [-0.2, 0) is 19.6 Å². The Morgan fingerprint density at radius 3 is 2.40 bits per heavy atom. The predicted molar refractivity (Wildman–Crippen MR) is 94.3 cm³/mol. The maximum atomic E-state index is 12.6. The van der Waals surface area contributed by atoms with E-state index in [1.807, 2.05) is 0 Å². The lowest BCUT2D eigenvalue weighted by atomic mass is 10.1. The number of halogens is 2. The van der Waals surface area contributed by atoms with E-state index in [9.17, 15) is 18.3 Å². The summed E-state index contributed by atoms with van der Waals surface area (Å²) >= 11 is 11.9. The van der Waals surface area contributed by atoms with Gasteiger partial charge in [-0.15, -0.1) is 0 Å².